The summed E-state index contributed by atoms with van der Waals surface area (Å²) in [5.74, 6) is -0.189. The van der Waals surface area contributed by atoms with Crippen molar-refractivity contribution in [2.45, 2.75) is 31.7 Å². The molecule has 34 heavy (non-hydrogen) atoms. The zero-order chi connectivity index (χ0) is 23.2. The number of halogens is 1. The highest BCUT2D eigenvalue weighted by molar-refractivity contribution is 8.18. The van der Waals surface area contributed by atoms with E-state index in [9.17, 15) is 9.59 Å². The summed E-state index contributed by atoms with van der Waals surface area (Å²) in [6, 6.07) is 12.4. The predicted molar refractivity (Wildman–Crippen MR) is 136 cm³/mol. The van der Waals surface area contributed by atoms with Gasteiger partial charge in [0.15, 0.2) is 0 Å². The number of thioether (sulfide) groups is 1. The molecule has 2 amide bonds. The molecule has 0 bridgehead atoms. The number of carbonyl (C=O) groups is 2. The normalized spacial score (nSPS) is 22.0. The van der Waals surface area contributed by atoms with Gasteiger partial charge in [-0.05, 0) is 97.6 Å². The van der Waals surface area contributed by atoms with Crippen molar-refractivity contribution in [1.82, 2.24) is 19.6 Å². The van der Waals surface area contributed by atoms with E-state index in [1.165, 1.54) is 28.9 Å². The molecule has 0 saturated carbocycles. The van der Waals surface area contributed by atoms with Crippen molar-refractivity contribution in [1.29, 1.82) is 0 Å². The Labute approximate surface area is 207 Å². The van der Waals surface area contributed by atoms with Crippen LogP contribution in [0.1, 0.15) is 42.0 Å². The number of nitrogens with zero attached hydrogens (tertiary/aromatic N) is 4. The number of imide groups is 1. The van der Waals surface area contributed by atoms with Crippen molar-refractivity contribution < 1.29 is 9.59 Å². The van der Waals surface area contributed by atoms with Crippen LogP contribution in [-0.2, 0) is 11.2 Å². The smallest absolute Gasteiger partial charge is 0.293 e. The zero-order valence-corrected chi connectivity index (χ0v) is 20.3. The summed E-state index contributed by atoms with van der Waals surface area (Å²) in [4.78, 5) is 29.5. The number of hydrogen-bond acceptors (Lipinski definition) is 5. The molecular formula is C26H25ClN4O2S. The lowest BCUT2D eigenvalue weighted by atomic mass is 10.1. The van der Waals surface area contributed by atoms with E-state index in [1.54, 1.807) is 0 Å². The topological polar surface area (TPSA) is 58.4 Å². The van der Waals surface area contributed by atoms with Crippen molar-refractivity contribution in [2.75, 3.05) is 26.2 Å². The van der Waals surface area contributed by atoms with E-state index in [1.807, 2.05) is 30.5 Å². The van der Waals surface area contributed by atoms with Gasteiger partial charge in [0, 0.05) is 23.5 Å². The van der Waals surface area contributed by atoms with E-state index in [-0.39, 0.29) is 17.2 Å². The Hall–Kier alpha value is -2.61. The molecule has 2 aliphatic heterocycles. The Morgan fingerprint density at radius 1 is 1.09 bits per heavy atom. The second kappa shape index (κ2) is 8.87. The minimum Gasteiger partial charge on any atom is -0.302 e. The quantitative estimate of drug-likeness (QED) is 0.449. The number of carbonyl (C=O) groups excluding carboxylic acids is 2. The molecule has 174 valence electrons. The van der Waals surface area contributed by atoms with Gasteiger partial charge in [-0.2, -0.15) is 5.10 Å². The minimum atomic E-state index is -0.189. The maximum Gasteiger partial charge on any atom is 0.293 e. The molecular weight excluding hydrogens is 468 g/mol. The highest BCUT2D eigenvalue weighted by Crippen LogP contribution is 2.37. The largest absolute Gasteiger partial charge is 0.302 e. The lowest BCUT2D eigenvalue weighted by Gasteiger charge is -2.18. The van der Waals surface area contributed by atoms with Crippen LogP contribution >= 0.6 is 23.4 Å². The number of benzene rings is 2. The van der Waals surface area contributed by atoms with Crippen molar-refractivity contribution in [2.24, 2.45) is 0 Å². The van der Waals surface area contributed by atoms with Crippen molar-refractivity contribution in [3.63, 3.8) is 0 Å². The first-order chi connectivity index (χ1) is 16.6. The second-order valence-electron chi connectivity index (χ2n) is 9.19. The van der Waals surface area contributed by atoms with E-state index < -0.39 is 0 Å². The van der Waals surface area contributed by atoms with E-state index in [0.29, 0.717) is 11.4 Å². The van der Waals surface area contributed by atoms with Gasteiger partial charge in [0.2, 0.25) is 0 Å². The van der Waals surface area contributed by atoms with Gasteiger partial charge in [0.25, 0.3) is 11.1 Å². The molecule has 0 radical (unpaired) electrons. The van der Waals surface area contributed by atoms with Gasteiger partial charge >= 0.3 is 0 Å². The summed E-state index contributed by atoms with van der Waals surface area (Å²) in [6.07, 6.45) is 8.09. The lowest BCUT2D eigenvalue weighted by molar-refractivity contribution is -0.122. The number of aryl methyl sites for hydroxylation is 1. The van der Waals surface area contributed by atoms with Crippen LogP contribution in [0.25, 0.3) is 17.0 Å². The van der Waals surface area contributed by atoms with E-state index >= 15 is 0 Å². The number of likely N-dealkylation sites (tertiary alicyclic amines) is 1. The zero-order valence-electron chi connectivity index (χ0n) is 18.7. The van der Waals surface area contributed by atoms with Crippen molar-refractivity contribution in [3.05, 3.63) is 69.2 Å². The van der Waals surface area contributed by atoms with Crippen LogP contribution < -0.4 is 0 Å². The first kappa shape index (κ1) is 21.9. The fraction of sp³-hybridized carbons (Fsp3) is 0.346. The standard InChI is InChI=1S/C26H25ClN4O2S/c27-20-5-6-21-18(15-20)4-8-23(21)31-22-7-3-17(13-19(22)16-28-31)14-24-25(32)30(26(33)34-24)12-11-29-9-1-2-10-29/h3,5-7,13-16,23H,1-2,4,8-12H2/t23-/m0/s1. The summed E-state index contributed by atoms with van der Waals surface area (Å²) in [5, 5.41) is 6.31. The van der Waals surface area contributed by atoms with Gasteiger partial charge in [0.1, 0.15) is 0 Å². The first-order valence-corrected chi connectivity index (χ1v) is 13.0. The van der Waals surface area contributed by atoms with Crippen LogP contribution in [0.4, 0.5) is 4.79 Å². The van der Waals surface area contributed by atoms with Crippen LogP contribution in [0.5, 0.6) is 0 Å². The summed E-state index contributed by atoms with van der Waals surface area (Å²) >= 11 is 7.21. The highest BCUT2D eigenvalue weighted by Gasteiger charge is 2.35. The molecule has 3 aliphatic rings. The SMILES string of the molecule is O=C1SC(=Cc2ccc3c(cnn3[C@H]3CCc4cc(Cl)ccc43)c2)C(=O)N1CCN1CCCC1. The Morgan fingerprint density at radius 3 is 2.79 bits per heavy atom. The summed E-state index contributed by atoms with van der Waals surface area (Å²) in [7, 11) is 0. The van der Waals surface area contributed by atoms with E-state index in [2.05, 4.69) is 27.8 Å². The second-order valence-corrected chi connectivity index (χ2v) is 10.6. The van der Waals surface area contributed by atoms with E-state index in [4.69, 9.17) is 16.7 Å². The third-order valence-corrected chi connectivity index (χ3v) is 8.22. The van der Waals surface area contributed by atoms with E-state index in [0.717, 1.165) is 65.7 Å². The third kappa shape index (κ3) is 3.96. The van der Waals surface area contributed by atoms with Crippen LogP contribution in [-0.4, -0.2) is 56.9 Å². The Kier molecular flexibility index (Phi) is 5.71. The molecule has 3 heterocycles. The lowest BCUT2D eigenvalue weighted by Crippen LogP contribution is -2.36. The Balaban J connectivity index is 1.22. The van der Waals surface area contributed by atoms with Gasteiger partial charge < -0.3 is 4.90 Å². The van der Waals surface area contributed by atoms with Gasteiger partial charge in [-0.3, -0.25) is 19.2 Å². The monoisotopic (exact) mass is 492 g/mol. The minimum absolute atomic E-state index is 0.177. The highest BCUT2D eigenvalue weighted by atomic mass is 35.5. The Morgan fingerprint density at radius 2 is 1.94 bits per heavy atom. The average molecular weight is 493 g/mol. The molecule has 6 nitrogen and oxygen atoms in total. The fourth-order valence-electron chi connectivity index (χ4n) is 5.32. The summed E-state index contributed by atoms with van der Waals surface area (Å²) < 4.78 is 2.09. The van der Waals surface area contributed by atoms with Gasteiger partial charge in [-0.15, -0.1) is 0 Å². The molecule has 2 saturated heterocycles. The molecule has 2 aromatic carbocycles. The van der Waals surface area contributed by atoms with Crippen molar-refractivity contribution >= 4 is 51.5 Å². The number of fused-ring (bicyclic) bond motifs is 2. The van der Waals surface area contributed by atoms with Gasteiger partial charge in [-0.1, -0.05) is 23.7 Å². The molecule has 3 aromatic rings. The maximum atomic E-state index is 12.9. The number of aromatic nitrogens is 2. The van der Waals surface area contributed by atoms with Crippen LogP contribution in [0.2, 0.25) is 5.02 Å². The molecule has 1 aromatic heterocycles. The Bertz CT molecular complexity index is 1330. The summed E-state index contributed by atoms with van der Waals surface area (Å²) in [6.45, 7) is 3.33. The number of amides is 2. The molecule has 6 rings (SSSR count). The predicted octanol–water partition coefficient (Wildman–Crippen LogP) is 5.36. The summed E-state index contributed by atoms with van der Waals surface area (Å²) in [5.41, 5.74) is 4.53. The van der Waals surface area contributed by atoms with Gasteiger partial charge in [0.05, 0.1) is 22.7 Å². The number of hydrogen-bond donors (Lipinski definition) is 0. The molecule has 1 atom stereocenters. The maximum absolute atomic E-state index is 12.9. The molecule has 0 spiro atoms. The molecule has 2 fully saturated rings. The van der Waals surface area contributed by atoms with Crippen LogP contribution in [0.3, 0.4) is 0 Å². The van der Waals surface area contributed by atoms with Crippen molar-refractivity contribution in [3.8, 4) is 0 Å². The first-order valence-electron chi connectivity index (χ1n) is 11.8. The fourth-order valence-corrected chi connectivity index (χ4v) is 6.38. The third-order valence-electron chi connectivity index (χ3n) is 7.08. The average Bonchev–Trinajstić information content (AvgIpc) is 3.60. The van der Waals surface area contributed by atoms with Crippen LogP contribution in [0, 0.1) is 0 Å². The molecule has 0 unspecified atom stereocenters. The van der Waals surface area contributed by atoms with Crippen LogP contribution in [0.15, 0.2) is 47.5 Å². The number of rotatable bonds is 5. The molecule has 8 heteroatoms. The molecule has 0 N–H and O–H groups in total. The molecule has 1 aliphatic carbocycles. The van der Waals surface area contributed by atoms with Gasteiger partial charge in [-0.25, -0.2) is 0 Å².